The van der Waals surface area contributed by atoms with E-state index in [0.717, 1.165) is 23.8 Å². The van der Waals surface area contributed by atoms with Gasteiger partial charge in [-0.05, 0) is 24.1 Å². The van der Waals surface area contributed by atoms with Gasteiger partial charge in [-0.15, -0.1) is 0 Å². The zero-order valence-corrected chi connectivity index (χ0v) is 17.4. The highest BCUT2D eigenvalue weighted by Crippen LogP contribution is 2.28. The number of benzene rings is 2. The molecule has 33 heavy (non-hydrogen) atoms. The van der Waals surface area contributed by atoms with Gasteiger partial charge in [0.15, 0.2) is 0 Å². The number of rotatable bonds is 8. The number of nitrogens with zero attached hydrogens (tertiary/aromatic N) is 4. The van der Waals surface area contributed by atoms with Gasteiger partial charge in [0.2, 0.25) is 0 Å². The molecule has 1 aliphatic rings. The fraction of sp³-hybridized carbons (Fsp3) is 0.333. The van der Waals surface area contributed by atoms with E-state index in [2.05, 4.69) is 0 Å². The Hall–Kier alpha value is -3.93. The molecule has 2 aromatic rings. The Morgan fingerprint density at radius 3 is 2.00 bits per heavy atom. The molecule has 1 amide bonds. The summed E-state index contributed by atoms with van der Waals surface area (Å²) < 4.78 is 13.3. The number of carboxylic acid groups (broad SMARTS) is 1. The Kier molecular flexibility index (Phi) is 7.28. The number of aliphatic carboxylic acids is 1. The van der Waals surface area contributed by atoms with E-state index in [4.69, 9.17) is 5.11 Å². The van der Waals surface area contributed by atoms with Crippen LogP contribution < -0.4 is 0 Å². The fourth-order valence-corrected chi connectivity index (χ4v) is 3.85. The van der Waals surface area contributed by atoms with E-state index in [-0.39, 0.29) is 31.1 Å². The first-order chi connectivity index (χ1) is 15.7. The van der Waals surface area contributed by atoms with E-state index in [1.54, 1.807) is 12.1 Å². The lowest BCUT2D eigenvalue weighted by Crippen LogP contribution is -2.49. The fourth-order valence-electron chi connectivity index (χ4n) is 3.85. The van der Waals surface area contributed by atoms with Crippen LogP contribution in [0.15, 0.2) is 42.5 Å². The Morgan fingerprint density at radius 1 is 0.970 bits per heavy atom. The summed E-state index contributed by atoms with van der Waals surface area (Å²) in [5, 5.41) is 31.3. The van der Waals surface area contributed by atoms with Gasteiger partial charge < -0.3 is 10.0 Å². The van der Waals surface area contributed by atoms with E-state index in [1.165, 1.54) is 17.0 Å². The van der Waals surface area contributed by atoms with Crippen molar-refractivity contribution in [3.05, 3.63) is 79.6 Å². The van der Waals surface area contributed by atoms with Crippen LogP contribution >= 0.6 is 0 Å². The highest BCUT2D eigenvalue weighted by atomic mass is 19.1. The largest absolute Gasteiger partial charge is 0.481 e. The van der Waals surface area contributed by atoms with E-state index < -0.39 is 38.9 Å². The first-order valence-corrected chi connectivity index (χ1v) is 10.1. The van der Waals surface area contributed by atoms with Crippen molar-refractivity contribution in [2.75, 3.05) is 26.2 Å². The number of carbonyl (C=O) groups excluding carboxylic acids is 1. The van der Waals surface area contributed by atoms with Crippen molar-refractivity contribution >= 4 is 23.3 Å². The maximum absolute atomic E-state index is 13.3. The van der Waals surface area contributed by atoms with Crippen molar-refractivity contribution in [1.29, 1.82) is 0 Å². The number of hydrogen-bond acceptors (Lipinski definition) is 7. The maximum atomic E-state index is 13.3. The highest BCUT2D eigenvalue weighted by Gasteiger charge is 2.29. The monoisotopic (exact) mass is 460 g/mol. The van der Waals surface area contributed by atoms with Gasteiger partial charge in [-0.3, -0.25) is 34.7 Å². The van der Waals surface area contributed by atoms with Gasteiger partial charge >= 0.3 is 5.97 Å². The quantitative estimate of drug-likeness (QED) is 0.467. The number of carboxylic acids is 1. The lowest BCUT2D eigenvalue weighted by Gasteiger charge is -2.39. The molecule has 1 atom stereocenters. The molecule has 0 saturated carbocycles. The number of nitro benzene ring substituents is 2. The van der Waals surface area contributed by atoms with Gasteiger partial charge in [0.05, 0.1) is 21.5 Å². The maximum Gasteiger partial charge on any atom is 0.303 e. The van der Waals surface area contributed by atoms with Crippen LogP contribution in [0.2, 0.25) is 0 Å². The summed E-state index contributed by atoms with van der Waals surface area (Å²) in [7, 11) is 0. The molecule has 0 bridgehead atoms. The van der Waals surface area contributed by atoms with E-state index in [0.29, 0.717) is 19.5 Å². The molecular formula is C21H21FN4O7. The van der Waals surface area contributed by atoms with Crippen LogP contribution in [0.25, 0.3) is 0 Å². The summed E-state index contributed by atoms with van der Waals surface area (Å²) in [5.74, 6) is -1.93. The minimum Gasteiger partial charge on any atom is -0.481 e. The van der Waals surface area contributed by atoms with Crippen LogP contribution in [0.5, 0.6) is 0 Å². The van der Waals surface area contributed by atoms with Gasteiger partial charge in [0.25, 0.3) is 17.3 Å². The SMILES string of the molecule is O=C(O)CC[C@H](c1ccc(F)cc1)N1CCN(C(=O)c2cc([N+](=O)[O-])cc([N+](=O)[O-])c2)CC1. The second kappa shape index (κ2) is 10.1. The molecular weight excluding hydrogens is 439 g/mol. The summed E-state index contributed by atoms with van der Waals surface area (Å²) >= 11 is 0. The molecule has 1 saturated heterocycles. The van der Waals surface area contributed by atoms with Crippen LogP contribution in [0.4, 0.5) is 15.8 Å². The predicted octanol–water partition coefficient (Wildman–Crippen LogP) is 3.01. The van der Waals surface area contributed by atoms with Crippen molar-refractivity contribution in [3.8, 4) is 0 Å². The molecule has 12 heteroatoms. The minimum absolute atomic E-state index is 0.0848. The van der Waals surface area contributed by atoms with E-state index >= 15 is 0 Å². The van der Waals surface area contributed by atoms with Crippen LogP contribution in [-0.2, 0) is 4.79 Å². The molecule has 0 unspecified atom stereocenters. The topological polar surface area (TPSA) is 147 Å². The van der Waals surface area contributed by atoms with Crippen LogP contribution in [0.3, 0.4) is 0 Å². The minimum atomic E-state index is -0.955. The molecule has 0 aliphatic carbocycles. The molecule has 1 fully saturated rings. The Morgan fingerprint density at radius 2 is 1.52 bits per heavy atom. The van der Waals surface area contributed by atoms with Gasteiger partial charge in [-0.2, -0.15) is 0 Å². The molecule has 0 aromatic heterocycles. The summed E-state index contributed by atoms with van der Waals surface area (Å²) in [5.41, 5.74) is -0.482. The average Bonchev–Trinajstić information content (AvgIpc) is 2.79. The number of halogens is 1. The number of non-ortho nitro benzene ring substituents is 2. The number of amides is 1. The third-order valence-electron chi connectivity index (χ3n) is 5.50. The molecule has 0 spiro atoms. The van der Waals surface area contributed by atoms with Crippen LogP contribution in [0.1, 0.15) is 34.8 Å². The molecule has 0 radical (unpaired) electrons. The van der Waals surface area contributed by atoms with Crippen molar-refractivity contribution < 1.29 is 28.9 Å². The second-order valence-electron chi connectivity index (χ2n) is 7.58. The standard InChI is InChI=1S/C21H21FN4O7/c22-16-3-1-14(2-4-16)19(5-6-20(27)28)23-7-9-24(10-8-23)21(29)15-11-17(25(30)31)13-18(12-15)26(32)33/h1-4,11-13,19H,5-10H2,(H,27,28)/t19-/m1/s1. The predicted molar refractivity (Wildman–Crippen MR) is 113 cm³/mol. The highest BCUT2D eigenvalue weighted by molar-refractivity contribution is 5.95. The number of piperazine rings is 1. The van der Waals surface area contributed by atoms with Gasteiger partial charge in [0, 0.05) is 50.8 Å². The van der Waals surface area contributed by atoms with Crippen molar-refractivity contribution in [3.63, 3.8) is 0 Å². The zero-order valence-electron chi connectivity index (χ0n) is 17.4. The summed E-state index contributed by atoms with van der Waals surface area (Å²) in [6.45, 7) is 1.23. The second-order valence-corrected chi connectivity index (χ2v) is 7.58. The summed E-state index contributed by atoms with van der Waals surface area (Å²) in [4.78, 5) is 48.0. The molecule has 3 rings (SSSR count). The molecule has 174 valence electrons. The normalized spacial score (nSPS) is 15.1. The third-order valence-corrected chi connectivity index (χ3v) is 5.50. The summed E-state index contributed by atoms with van der Waals surface area (Å²) in [6.07, 6.45) is 0.213. The first-order valence-electron chi connectivity index (χ1n) is 10.1. The van der Waals surface area contributed by atoms with Crippen molar-refractivity contribution in [2.45, 2.75) is 18.9 Å². The number of nitro groups is 2. The van der Waals surface area contributed by atoms with Gasteiger partial charge in [-0.25, -0.2) is 4.39 Å². The average molecular weight is 460 g/mol. The van der Waals surface area contributed by atoms with Crippen molar-refractivity contribution in [2.24, 2.45) is 0 Å². The Labute approximate surface area is 187 Å². The van der Waals surface area contributed by atoms with Crippen LogP contribution in [0, 0.1) is 26.0 Å². The molecule has 1 N–H and O–H groups in total. The Bertz CT molecular complexity index is 1040. The lowest BCUT2D eigenvalue weighted by molar-refractivity contribution is -0.394. The van der Waals surface area contributed by atoms with Crippen molar-refractivity contribution in [1.82, 2.24) is 9.80 Å². The molecule has 2 aromatic carbocycles. The zero-order chi connectivity index (χ0) is 24.1. The first kappa shape index (κ1) is 23.7. The molecule has 1 heterocycles. The third kappa shape index (κ3) is 5.86. The van der Waals surface area contributed by atoms with Gasteiger partial charge in [0.1, 0.15) is 5.82 Å². The molecule has 11 nitrogen and oxygen atoms in total. The summed E-state index contributed by atoms with van der Waals surface area (Å²) in [6, 6.07) is 8.33. The smallest absolute Gasteiger partial charge is 0.303 e. The van der Waals surface area contributed by atoms with Crippen LogP contribution in [-0.4, -0.2) is 62.8 Å². The van der Waals surface area contributed by atoms with E-state index in [9.17, 15) is 34.2 Å². The number of carbonyl (C=O) groups is 2. The Balaban J connectivity index is 1.75. The lowest BCUT2D eigenvalue weighted by atomic mass is 9.99. The van der Waals surface area contributed by atoms with Gasteiger partial charge in [-0.1, -0.05) is 12.1 Å². The van der Waals surface area contributed by atoms with E-state index in [1.807, 2.05) is 4.90 Å². The molecule has 1 aliphatic heterocycles. The number of hydrogen-bond donors (Lipinski definition) is 1.